The number of unbranched alkanes of at least 4 members (excludes halogenated alkanes) is 1. The molecule has 0 radical (unpaired) electrons. The van der Waals surface area contributed by atoms with E-state index in [1.54, 1.807) is 0 Å². The molecule has 2 heteroatoms. The quantitative estimate of drug-likeness (QED) is 0.893. The molecule has 1 aromatic rings. The zero-order chi connectivity index (χ0) is 15.5. The third-order valence-corrected chi connectivity index (χ3v) is 4.63. The summed E-state index contributed by atoms with van der Waals surface area (Å²) >= 11 is 0. The summed E-state index contributed by atoms with van der Waals surface area (Å²) in [6, 6.07) is 9.42. The Bertz CT molecular complexity index is 430. The lowest BCUT2D eigenvalue weighted by Gasteiger charge is -2.38. The van der Waals surface area contributed by atoms with Crippen molar-refractivity contribution < 1.29 is 0 Å². The van der Waals surface area contributed by atoms with Gasteiger partial charge in [0.25, 0.3) is 0 Å². The Kier molecular flexibility index (Phi) is 5.32. The monoisotopic (exact) mass is 288 g/mol. The molecule has 21 heavy (non-hydrogen) atoms. The molecule has 1 aromatic carbocycles. The lowest BCUT2D eigenvalue weighted by Crippen LogP contribution is -2.47. The van der Waals surface area contributed by atoms with Crippen LogP contribution in [0.5, 0.6) is 0 Å². The highest BCUT2D eigenvalue weighted by Gasteiger charge is 2.25. The maximum atomic E-state index is 6.28. The maximum Gasteiger partial charge on any atom is 0.0367 e. The number of rotatable bonds is 4. The zero-order valence-corrected chi connectivity index (χ0v) is 14.2. The molecular formula is C19H32N2. The SMILES string of the molecule is CCCCC1CC(N)CN(c2ccc(C(C)(C)C)cc2)C1. The van der Waals surface area contributed by atoms with Crippen molar-refractivity contribution in [3.8, 4) is 0 Å². The summed E-state index contributed by atoms with van der Waals surface area (Å²) in [6.07, 6.45) is 5.12. The van der Waals surface area contributed by atoms with Gasteiger partial charge in [0.05, 0.1) is 0 Å². The minimum atomic E-state index is 0.223. The van der Waals surface area contributed by atoms with Crippen LogP contribution in [0.15, 0.2) is 24.3 Å². The number of nitrogens with zero attached hydrogens (tertiary/aromatic N) is 1. The molecule has 0 amide bonds. The lowest BCUT2D eigenvalue weighted by molar-refractivity contribution is 0.349. The van der Waals surface area contributed by atoms with Crippen molar-refractivity contribution in [2.24, 2.45) is 11.7 Å². The molecule has 0 aromatic heterocycles. The van der Waals surface area contributed by atoms with Crippen LogP contribution >= 0.6 is 0 Å². The first kappa shape index (κ1) is 16.4. The van der Waals surface area contributed by atoms with E-state index < -0.39 is 0 Å². The lowest BCUT2D eigenvalue weighted by atomic mass is 9.86. The van der Waals surface area contributed by atoms with E-state index in [2.05, 4.69) is 56.9 Å². The van der Waals surface area contributed by atoms with Crippen molar-refractivity contribution >= 4 is 5.69 Å². The van der Waals surface area contributed by atoms with Gasteiger partial charge < -0.3 is 10.6 Å². The standard InChI is InChI=1S/C19H32N2/c1-5-6-7-15-12-17(20)14-21(13-15)18-10-8-16(9-11-18)19(2,3)4/h8-11,15,17H,5-7,12-14,20H2,1-4H3. The van der Waals surface area contributed by atoms with Gasteiger partial charge >= 0.3 is 0 Å². The van der Waals surface area contributed by atoms with Gasteiger partial charge in [-0.1, -0.05) is 52.7 Å². The number of hydrogen-bond acceptors (Lipinski definition) is 2. The highest BCUT2D eigenvalue weighted by molar-refractivity contribution is 5.49. The third kappa shape index (κ3) is 4.47. The van der Waals surface area contributed by atoms with Gasteiger partial charge in [-0.25, -0.2) is 0 Å². The van der Waals surface area contributed by atoms with E-state index in [1.165, 1.54) is 43.5 Å². The first-order valence-electron chi connectivity index (χ1n) is 8.51. The van der Waals surface area contributed by atoms with E-state index in [9.17, 15) is 0 Å². The van der Waals surface area contributed by atoms with Crippen LogP contribution in [0.1, 0.15) is 58.9 Å². The predicted molar refractivity (Wildman–Crippen MR) is 93.0 cm³/mol. The van der Waals surface area contributed by atoms with Gasteiger partial charge in [-0.3, -0.25) is 0 Å². The van der Waals surface area contributed by atoms with Crippen molar-refractivity contribution in [2.45, 2.75) is 64.8 Å². The minimum Gasteiger partial charge on any atom is -0.370 e. The van der Waals surface area contributed by atoms with Gasteiger partial charge in [0.1, 0.15) is 0 Å². The van der Waals surface area contributed by atoms with Gasteiger partial charge in [0, 0.05) is 24.8 Å². The summed E-state index contributed by atoms with van der Waals surface area (Å²) < 4.78 is 0. The third-order valence-electron chi connectivity index (χ3n) is 4.63. The molecule has 118 valence electrons. The smallest absolute Gasteiger partial charge is 0.0367 e. The van der Waals surface area contributed by atoms with Crippen LogP contribution < -0.4 is 10.6 Å². The number of nitrogens with two attached hydrogens (primary N) is 1. The Morgan fingerprint density at radius 3 is 2.38 bits per heavy atom. The molecule has 0 bridgehead atoms. The number of hydrogen-bond donors (Lipinski definition) is 1. The second-order valence-electron chi connectivity index (χ2n) is 7.71. The summed E-state index contributed by atoms with van der Waals surface area (Å²) in [5, 5.41) is 0. The molecule has 0 aliphatic carbocycles. The Morgan fingerprint density at radius 2 is 1.81 bits per heavy atom. The topological polar surface area (TPSA) is 29.3 Å². The Labute approximate surface area is 130 Å². The molecule has 2 nitrogen and oxygen atoms in total. The highest BCUT2D eigenvalue weighted by atomic mass is 15.2. The fourth-order valence-corrected chi connectivity index (χ4v) is 3.33. The van der Waals surface area contributed by atoms with Crippen molar-refractivity contribution in [1.29, 1.82) is 0 Å². The molecule has 1 heterocycles. The number of piperidine rings is 1. The molecule has 0 spiro atoms. The fourth-order valence-electron chi connectivity index (χ4n) is 3.33. The van der Waals surface area contributed by atoms with Gasteiger partial charge in [-0.2, -0.15) is 0 Å². The van der Waals surface area contributed by atoms with Crippen LogP contribution in [0.25, 0.3) is 0 Å². The van der Waals surface area contributed by atoms with Gasteiger partial charge in [0.15, 0.2) is 0 Å². The predicted octanol–water partition coefficient (Wildman–Crippen LogP) is 4.33. The molecule has 2 rings (SSSR count). The van der Waals surface area contributed by atoms with Crippen molar-refractivity contribution in [3.05, 3.63) is 29.8 Å². The summed E-state index contributed by atoms with van der Waals surface area (Å²) in [7, 11) is 0. The first-order valence-corrected chi connectivity index (χ1v) is 8.51. The van der Waals surface area contributed by atoms with Gasteiger partial charge in [0.2, 0.25) is 0 Å². The molecule has 1 aliphatic rings. The molecule has 2 atom stereocenters. The van der Waals surface area contributed by atoms with E-state index in [4.69, 9.17) is 5.73 Å². The molecule has 1 aliphatic heterocycles. The number of benzene rings is 1. The van der Waals surface area contributed by atoms with Crippen LogP contribution in [0, 0.1) is 5.92 Å². The summed E-state index contributed by atoms with van der Waals surface area (Å²) in [6.45, 7) is 11.2. The summed E-state index contributed by atoms with van der Waals surface area (Å²) in [5.41, 5.74) is 9.24. The van der Waals surface area contributed by atoms with Crippen LogP contribution in [0.2, 0.25) is 0 Å². The Morgan fingerprint density at radius 1 is 1.14 bits per heavy atom. The average Bonchev–Trinajstić information content (AvgIpc) is 2.44. The van der Waals surface area contributed by atoms with E-state index >= 15 is 0 Å². The molecule has 1 saturated heterocycles. The molecular weight excluding hydrogens is 256 g/mol. The largest absolute Gasteiger partial charge is 0.370 e. The van der Waals surface area contributed by atoms with E-state index in [0.29, 0.717) is 6.04 Å². The molecule has 1 fully saturated rings. The normalized spacial score (nSPS) is 23.4. The molecule has 2 unspecified atom stereocenters. The molecule has 0 saturated carbocycles. The highest BCUT2D eigenvalue weighted by Crippen LogP contribution is 2.28. The van der Waals surface area contributed by atoms with Crippen LogP contribution in [-0.2, 0) is 5.41 Å². The Balaban J connectivity index is 2.06. The zero-order valence-electron chi connectivity index (χ0n) is 14.2. The second-order valence-corrected chi connectivity index (χ2v) is 7.71. The van der Waals surface area contributed by atoms with E-state index in [1.807, 2.05) is 0 Å². The van der Waals surface area contributed by atoms with E-state index in [-0.39, 0.29) is 5.41 Å². The van der Waals surface area contributed by atoms with Crippen molar-refractivity contribution in [3.63, 3.8) is 0 Å². The van der Waals surface area contributed by atoms with E-state index in [0.717, 1.165) is 12.5 Å². The van der Waals surface area contributed by atoms with Crippen LogP contribution in [0.3, 0.4) is 0 Å². The average molecular weight is 288 g/mol. The van der Waals surface area contributed by atoms with Gasteiger partial charge in [-0.05, 0) is 41.9 Å². The number of anilines is 1. The van der Waals surface area contributed by atoms with Crippen molar-refractivity contribution in [2.75, 3.05) is 18.0 Å². The van der Waals surface area contributed by atoms with Crippen LogP contribution in [0.4, 0.5) is 5.69 Å². The van der Waals surface area contributed by atoms with Crippen molar-refractivity contribution in [1.82, 2.24) is 0 Å². The fraction of sp³-hybridized carbons (Fsp3) is 0.684. The summed E-state index contributed by atoms with van der Waals surface area (Å²) in [4.78, 5) is 2.49. The summed E-state index contributed by atoms with van der Waals surface area (Å²) in [5.74, 6) is 0.760. The van der Waals surface area contributed by atoms with Gasteiger partial charge in [-0.15, -0.1) is 0 Å². The van der Waals surface area contributed by atoms with Crippen LogP contribution in [-0.4, -0.2) is 19.1 Å². The minimum absolute atomic E-state index is 0.223. The first-order chi connectivity index (χ1) is 9.90. The molecule has 2 N–H and O–H groups in total. The Hall–Kier alpha value is -1.02. The second kappa shape index (κ2) is 6.83. The maximum absolute atomic E-state index is 6.28.